The van der Waals surface area contributed by atoms with E-state index in [1.807, 2.05) is 0 Å². The van der Waals surface area contributed by atoms with Gasteiger partial charge in [-0.1, -0.05) is 6.92 Å². The number of ether oxygens (including phenoxy) is 2. The maximum Gasteiger partial charge on any atom is 0.417 e. The molecule has 1 heterocycles. The van der Waals surface area contributed by atoms with Crippen LogP contribution in [-0.2, 0) is 23.6 Å². The highest BCUT2D eigenvalue weighted by Gasteiger charge is 2.38. The summed E-state index contributed by atoms with van der Waals surface area (Å²) in [6, 6.07) is 3.70. The smallest absolute Gasteiger partial charge is 0.417 e. The molecule has 2 aromatic carbocycles. The highest BCUT2D eigenvalue weighted by atomic mass is 35.5. The fraction of sp³-hybridized carbons (Fsp3) is 0.348. The van der Waals surface area contributed by atoms with E-state index in [2.05, 4.69) is 10.2 Å². The second-order valence-corrected chi connectivity index (χ2v) is 8.28. The van der Waals surface area contributed by atoms with E-state index in [9.17, 15) is 31.1 Å². The number of aromatic nitrogens is 3. The van der Waals surface area contributed by atoms with Crippen LogP contribution in [0.4, 0.5) is 26.3 Å². The van der Waals surface area contributed by atoms with E-state index in [0.29, 0.717) is 18.2 Å². The van der Waals surface area contributed by atoms with Crippen molar-refractivity contribution >= 4 is 18.4 Å². The average molecular weight is 554 g/mol. The normalized spacial score (nSPS) is 12.6. The van der Waals surface area contributed by atoms with Crippen LogP contribution in [0.5, 0.6) is 11.5 Å². The Morgan fingerprint density at radius 1 is 1.08 bits per heavy atom. The van der Waals surface area contributed by atoms with Crippen molar-refractivity contribution in [2.45, 2.75) is 45.1 Å². The van der Waals surface area contributed by atoms with E-state index in [1.165, 1.54) is 27.8 Å². The van der Waals surface area contributed by atoms with E-state index < -0.39 is 58.2 Å². The average Bonchev–Trinajstić information content (AvgIpc) is 3.15. The number of alkyl halides is 3. The molecular formula is C23H22ClF6N3O4. The van der Waals surface area contributed by atoms with Crippen molar-refractivity contribution in [1.29, 1.82) is 0 Å². The molecule has 0 fully saturated rings. The van der Waals surface area contributed by atoms with Gasteiger partial charge in [-0.2, -0.15) is 13.2 Å². The van der Waals surface area contributed by atoms with Gasteiger partial charge in [-0.15, -0.1) is 22.6 Å². The number of carboxylic acids is 1. The zero-order chi connectivity index (χ0) is 27.0. The molecule has 1 atom stereocenters. The number of benzene rings is 2. The summed E-state index contributed by atoms with van der Waals surface area (Å²) < 4.78 is 94.8. The Labute approximate surface area is 213 Å². The fourth-order valence-electron chi connectivity index (χ4n) is 3.51. The predicted octanol–water partition coefficient (Wildman–Crippen LogP) is 5.90. The Bertz CT molecular complexity index is 1270. The number of halogens is 7. The first-order valence-corrected chi connectivity index (χ1v) is 10.5. The van der Waals surface area contributed by atoms with Gasteiger partial charge in [-0.05, 0) is 38.5 Å². The highest BCUT2D eigenvalue weighted by Crippen LogP contribution is 2.40. The Morgan fingerprint density at radius 3 is 2.19 bits per heavy atom. The Morgan fingerprint density at radius 2 is 1.68 bits per heavy atom. The van der Waals surface area contributed by atoms with E-state index in [0.717, 1.165) is 16.7 Å². The number of nitrogens with zero attached hydrogens (tertiary/aromatic N) is 3. The molecule has 202 valence electrons. The summed E-state index contributed by atoms with van der Waals surface area (Å²) in [5, 5.41) is 16.8. The lowest BCUT2D eigenvalue weighted by molar-refractivity contribution is -0.145. The van der Waals surface area contributed by atoms with Gasteiger partial charge >= 0.3 is 12.1 Å². The molecule has 14 heteroatoms. The lowest BCUT2D eigenvalue weighted by Crippen LogP contribution is -2.30. The van der Waals surface area contributed by atoms with Crippen molar-refractivity contribution in [3.63, 3.8) is 0 Å². The highest BCUT2D eigenvalue weighted by molar-refractivity contribution is 5.85. The first kappa shape index (κ1) is 29.7. The molecule has 0 saturated carbocycles. The van der Waals surface area contributed by atoms with E-state index in [4.69, 9.17) is 14.6 Å². The summed E-state index contributed by atoms with van der Waals surface area (Å²) in [6.45, 7) is 4.20. The number of aliphatic carboxylic acids is 1. The molecule has 3 rings (SSSR count). The number of hydrogen-bond donors (Lipinski definition) is 1. The zero-order valence-electron chi connectivity index (χ0n) is 19.9. The summed E-state index contributed by atoms with van der Waals surface area (Å²) in [6.07, 6.45) is -6.20. The molecule has 7 nitrogen and oxygen atoms in total. The topological polar surface area (TPSA) is 86.5 Å². The summed E-state index contributed by atoms with van der Waals surface area (Å²) in [4.78, 5) is 11.2. The van der Waals surface area contributed by atoms with Crippen LogP contribution in [0.1, 0.15) is 38.6 Å². The summed E-state index contributed by atoms with van der Waals surface area (Å²) in [5.74, 6) is -6.67. The molecule has 0 saturated heterocycles. The monoisotopic (exact) mass is 553 g/mol. The minimum Gasteiger partial charge on any atom is -0.479 e. The van der Waals surface area contributed by atoms with Gasteiger partial charge in [-0.25, -0.2) is 18.0 Å². The first-order valence-electron chi connectivity index (χ1n) is 10.5. The van der Waals surface area contributed by atoms with Gasteiger partial charge in [0.1, 0.15) is 11.6 Å². The Hall–Kier alpha value is -3.48. The van der Waals surface area contributed by atoms with Gasteiger partial charge in [0.25, 0.3) is 0 Å². The molecule has 0 aliphatic rings. The van der Waals surface area contributed by atoms with Crippen molar-refractivity contribution < 1.29 is 45.7 Å². The standard InChI is InChI=1S/C23H21F6N3O4.ClH/c1-5-17(20(33)34)35-12-6-7-13(14(10-12)23(27,28)29)19-30-31-21(32(19)4)22(2,3)36-18-15(25)8-11(24)9-16(18)26;/h6-10,17H,5H2,1-4H3,(H,33,34);1H. The third kappa shape index (κ3) is 6.27. The lowest BCUT2D eigenvalue weighted by Gasteiger charge is -2.26. The van der Waals surface area contributed by atoms with Crippen molar-refractivity contribution in [3.8, 4) is 22.9 Å². The molecule has 3 aromatic rings. The lowest BCUT2D eigenvalue weighted by atomic mass is 10.0. The number of hydrogen-bond acceptors (Lipinski definition) is 5. The second-order valence-electron chi connectivity index (χ2n) is 8.28. The van der Waals surface area contributed by atoms with Gasteiger partial charge in [0.2, 0.25) is 0 Å². The van der Waals surface area contributed by atoms with Crippen molar-refractivity contribution in [3.05, 3.63) is 59.2 Å². The minimum atomic E-state index is -4.88. The summed E-state index contributed by atoms with van der Waals surface area (Å²) >= 11 is 0. The van der Waals surface area contributed by atoms with Crippen LogP contribution in [0.15, 0.2) is 30.3 Å². The van der Waals surface area contributed by atoms with Gasteiger partial charge in [0.05, 0.1) is 5.56 Å². The Kier molecular flexibility index (Phi) is 8.74. The molecule has 37 heavy (non-hydrogen) atoms. The molecule has 0 aliphatic heterocycles. The fourth-order valence-corrected chi connectivity index (χ4v) is 3.51. The van der Waals surface area contributed by atoms with Crippen LogP contribution in [-0.4, -0.2) is 31.9 Å². The number of carbonyl (C=O) groups is 1. The largest absolute Gasteiger partial charge is 0.479 e. The van der Waals surface area contributed by atoms with E-state index >= 15 is 0 Å². The van der Waals surface area contributed by atoms with Crippen molar-refractivity contribution in [1.82, 2.24) is 14.8 Å². The SMILES string of the molecule is CCC(Oc1ccc(-c2nnc(C(C)(C)Oc3c(F)cc(F)cc3F)n2C)c(C(F)(F)F)c1)C(=O)O.Cl. The molecule has 0 bridgehead atoms. The molecule has 0 radical (unpaired) electrons. The van der Waals surface area contributed by atoms with Gasteiger partial charge in [-0.3, -0.25) is 0 Å². The maximum absolute atomic E-state index is 14.1. The maximum atomic E-state index is 14.1. The van der Waals surface area contributed by atoms with Crippen LogP contribution in [0.25, 0.3) is 11.4 Å². The van der Waals surface area contributed by atoms with Crippen LogP contribution in [0.2, 0.25) is 0 Å². The first-order chi connectivity index (χ1) is 16.7. The summed E-state index contributed by atoms with van der Waals surface area (Å²) in [5.41, 5.74) is -3.19. The molecular weight excluding hydrogens is 532 g/mol. The van der Waals surface area contributed by atoms with Gasteiger partial charge in [0.15, 0.2) is 40.7 Å². The van der Waals surface area contributed by atoms with E-state index in [1.54, 1.807) is 0 Å². The third-order valence-electron chi connectivity index (χ3n) is 5.20. The van der Waals surface area contributed by atoms with Gasteiger partial charge < -0.3 is 19.1 Å². The number of rotatable bonds is 8. The predicted molar refractivity (Wildman–Crippen MR) is 121 cm³/mol. The number of carboxylic acid groups (broad SMARTS) is 1. The minimum absolute atomic E-state index is 0. The summed E-state index contributed by atoms with van der Waals surface area (Å²) in [7, 11) is 1.33. The quantitative estimate of drug-likeness (QED) is 0.350. The molecule has 1 N–H and O–H groups in total. The molecule has 0 amide bonds. The molecule has 1 aromatic heterocycles. The second kappa shape index (κ2) is 10.9. The van der Waals surface area contributed by atoms with E-state index in [-0.39, 0.29) is 36.2 Å². The van der Waals surface area contributed by atoms with Crippen molar-refractivity contribution in [2.24, 2.45) is 7.05 Å². The molecule has 0 aliphatic carbocycles. The molecule has 1 unspecified atom stereocenters. The van der Waals surface area contributed by atoms with Crippen LogP contribution in [0.3, 0.4) is 0 Å². The van der Waals surface area contributed by atoms with Crippen LogP contribution < -0.4 is 9.47 Å². The third-order valence-corrected chi connectivity index (χ3v) is 5.20. The Balaban J connectivity index is 0.00000481. The zero-order valence-corrected chi connectivity index (χ0v) is 20.7. The van der Waals surface area contributed by atoms with Gasteiger partial charge in [0, 0.05) is 24.7 Å². The van der Waals surface area contributed by atoms with Crippen LogP contribution in [0, 0.1) is 17.5 Å². The van der Waals surface area contributed by atoms with Crippen molar-refractivity contribution in [2.75, 3.05) is 0 Å². The molecule has 0 spiro atoms. The van der Waals surface area contributed by atoms with Crippen LogP contribution >= 0.6 is 12.4 Å².